The van der Waals surface area contributed by atoms with Crippen molar-refractivity contribution in [3.63, 3.8) is 0 Å². The van der Waals surface area contributed by atoms with Gasteiger partial charge in [0.25, 0.3) is 0 Å². The molecule has 0 unspecified atom stereocenters. The Labute approximate surface area is 222 Å². The van der Waals surface area contributed by atoms with Crippen molar-refractivity contribution in [2.24, 2.45) is 0 Å². The molecule has 0 saturated carbocycles. The van der Waals surface area contributed by atoms with Gasteiger partial charge in [-0.15, -0.1) is 10.2 Å². The first-order valence-electron chi connectivity index (χ1n) is 11.4. The summed E-state index contributed by atoms with van der Waals surface area (Å²) in [5.74, 6) is 1.36. The highest BCUT2D eigenvalue weighted by molar-refractivity contribution is 7.99. The van der Waals surface area contributed by atoms with Gasteiger partial charge in [-0.1, -0.05) is 47.6 Å². The number of aryl methyl sites for hydroxylation is 1. The number of aromatic nitrogens is 3. The minimum absolute atomic E-state index is 0.00326. The van der Waals surface area contributed by atoms with E-state index in [1.54, 1.807) is 36.4 Å². The molecule has 1 atom stereocenters. The molecule has 0 saturated heterocycles. The molecule has 0 aliphatic heterocycles. The lowest BCUT2D eigenvalue weighted by Crippen LogP contribution is -2.11. The fourth-order valence-electron chi connectivity index (χ4n) is 3.65. The molecule has 8 nitrogen and oxygen atoms in total. The molecule has 0 fully saturated rings. The Bertz CT molecular complexity index is 1380. The molecule has 37 heavy (non-hydrogen) atoms. The van der Waals surface area contributed by atoms with Crippen LogP contribution in [0.1, 0.15) is 29.1 Å². The van der Waals surface area contributed by atoms with Crippen LogP contribution >= 0.6 is 23.4 Å². The van der Waals surface area contributed by atoms with Crippen molar-refractivity contribution in [2.45, 2.75) is 30.9 Å². The van der Waals surface area contributed by atoms with E-state index in [2.05, 4.69) is 10.2 Å². The van der Waals surface area contributed by atoms with Crippen LogP contribution in [-0.4, -0.2) is 32.8 Å². The van der Waals surface area contributed by atoms with E-state index in [1.165, 1.54) is 17.8 Å². The fraction of sp³-hybridized carbons (Fsp3) is 0.231. The molecule has 4 rings (SSSR count). The molecule has 3 aromatic carbocycles. The van der Waals surface area contributed by atoms with Crippen molar-refractivity contribution in [1.82, 2.24) is 14.8 Å². The number of halogens is 2. The van der Waals surface area contributed by atoms with E-state index in [4.69, 9.17) is 21.1 Å². The van der Waals surface area contributed by atoms with Crippen molar-refractivity contribution < 1.29 is 18.8 Å². The predicted octanol–water partition coefficient (Wildman–Crippen LogP) is 6.46. The Kier molecular flexibility index (Phi) is 8.62. The highest BCUT2D eigenvalue weighted by atomic mass is 35.5. The van der Waals surface area contributed by atoms with E-state index in [1.807, 2.05) is 42.7 Å². The summed E-state index contributed by atoms with van der Waals surface area (Å²) in [6, 6.07) is 18.7. The Balaban J connectivity index is 1.56. The van der Waals surface area contributed by atoms with Crippen molar-refractivity contribution in [2.75, 3.05) is 13.2 Å². The Hall–Kier alpha value is -3.63. The zero-order valence-corrected chi connectivity index (χ0v) is 21.7. The summed E-state index contributed by atoms with van der Waals surface area (Å²) in [6.07, 6.45) is 0. The lowest BCUT2D eigenvalue weighted by Gasteiger charge is -2.16. The minimum atomic E-state index is -0.599. The minimum Gasteiger partial charge on any atom is -0.494 e. The molecule has 0 N–H and O–H groups in total. The third-order valence-electron chi connectivity index (χ3n) is 5.43. The first-order valence-corrected chi connectivity index (χ1v) is 12.7. The van der Waals surface area contributed by atoms with Gasteiger partial charge in [0.15, 0.2) is 5.16 Å². The van der Waals surface area contributed by atoms with Gasteiger partial charge in [0.1, 0.15) is 35.0 Å². The zero-order chi connectivity index (χ0) is 26.4. The molecule has 0 bridgehead atoms. The van der Waals surface area contributed by atoms with E-state index in [0.717, 1.165) is 11.4 Å². The van der Waals surface area contributed by atoms with Gasteiger partial charge < -0.3 is 9.47 Å². The van der Waals surface area contributed by atoms with Crippen LogP contribution in [0.25, 0.3) is 5.69 Å². The van der Waals surface area contributed by atoms with Crippen molar-refractivity contribution in [1.29, 1.82) is 0 Å². The Morgan fingerprint density at radius 3 is 2.54 bits per heavy atom. The van der Waals surface area contributed by atoms with Gasteiger partial charge in [-0.25, -0.2) is 4.39 Å². The molecule has 192 valence electrons. The quantitative estimate of drug-likeness (QED) is 0.122. The highest BCUT2D eigenvalue weighted by Gasteiger charge is 2.25. The van der Waals surface area contributed by atoms with E-state index in [9.17, 15) is 14.5 Å². The summed E-state index contributed by atoms with van der Waals surface area (Å²) in [4.78, 5) is 11.1. The van der Waals surface area contributed by atoms with Gasteiger partial charge >= 0.3 is 0 Å². The first-order chi connectivity index (χ1) is 17.9. The van der Waals surface area contributed by atoms with Crippen LogP contribution in [-0.2, 0) is 6.61 Å². The number of nitrogens with zero attached hydrogens (tertiary/aromatic N) is 4. The van der Waals surface area contributed by atoms with Gasteiger partial charge in [0.05, 0.1) is 11.6 Å². The van der Waals surface area contributed by atoms with Crippen LogP contribution in [0.4, 0.5) is 4.39 Å². The van der Waals surface area contributed by atoms with Crippen LogP contribution in [0.2, 0.25) is 5.02 Å². The lowest BCUT2D eigenvalue weighted by atomic mass is 10.1. The molecule has 0 aliphatic carbocycles. The smallest absolute Gasteiger partial charge is 0.220 e. The maximum Gasteiger partial charge on any atom is 0.220 e. The first kappa shape index (κ1) is 26.4. The van der Waals surface area contributed by atoms with Gasteiger partial charge in [-0.05, 0) is 61.9 Å². The zero-order valence-electron chi connectivity index (χ0n) is 20.1. The van der Waals surface area contributed by atoms with E-state index >= 15 is 0 Å². The summed E-state index contributed by atoms with van der Waals surface area (Å²) in [6.45, 7) is 3.93. The number of hydrogen-bond acceptors (Lipinski definition) is 7. The molecule has 0 amide bonds. The van der Waals surface area contributed by atoms with Crippen LogP contribution in [0.5, 0.6) is 11.5 Å². The van der Waals surface area contributed by atoms with E-state index in [0.29, 0.717) is 34.5 Å². The normalized spacial score (nSPS) is 11.8. The number of nitro groups is 1. The maximum absolute atomic E-state index is 13.9. The number of ether oxygens (including phenoxy) is 2. The van der Waals surface area contributed by atoms with E-state index < -0.39 is 5.25 Å². The largest absolute Gasteiger partial charge is 0.494 e. The number of thioether (sulfide) groups is 1. The molecule has 1 aromatic heterocycles. The molecule has 1 heterocycles. The molecular weight excluding hydrogens is 519 g/mol. The third-order valence-corrected chi connectivity index (χ3v) is 6.91. The summed E-state index contributed by atoms with van der Waals surface area (Å²) in [7, 11) is 0. The van der Waals surface area contributed by atoms with Crippen LogP contribution < -0.4 is 9.47 Å². The second kappa shape index (κ2) is 12.1. The van der Waals surface area contributed by atoms with Gasteiger partial charge in [0.2, 0.25) is 6.54 Å². The van der Waals surface area contributed by atoms with Gasteiger partial charge in [0, 0.05) is 16.2 Å². The fourth-order valence-corrected chi connectivity index (χ4v) is 5.06. The van der Waals surface area contributed by atoms with Crippen LogP contribution in [0.15, 0.2) is 71.9 Å². The summed E-state index contributed by atoms with van der Waals surface area (Å²) >= 11 is 7.67. The standard InChI is InChI=1S/C26H24ClFN4O4S/c1-3-35-21-11-9-20(10-12-21)32-17(2)29-30-26(32)37-25(15-31(33)34)18-8-13-24(22(27)14-18)36-16-19-6-4-5-7-23(19)28/h4-14,25H,3,15-16H2,1-2H3/t25-/m0/s1. The summed E-state index contributed by atoms with van der Waals surface area (Å²) < 4.78 is 26.9. The van der Waals surface area contributed by atoms with Crippen LogP contribution in [0, 0.1) is 22.9 Å². The lowest BCUT2D eigenvalue weighted by molar-refractivity contribution is -0.479. The van der Waals surface area contributed by atoms with Crippen molar-refractivity contribution in [3.05, 3.63) is 105 Å². The van der Waals surface area contributed by atoms with Crippen LogP contribution in [0.3, 0.4) is 0 Å². The van der Waals surface area contributed by atoms with E-state index in [-0.39, 0.29) is 28.9 Å². The molecule has 0 radical (unpaired) electrons. The number of benzene rings is 3. The van der Waals surface area contributed by atoms with Crippen molar-refractivity contribution >= 4 is 23.4 Å². The maximum atomic E-state index is 13.9. The Morgan fingerprint density at radius 2 is 1.86 bits per heavy atom. The van der Waals surface area contributed by atoms with Gasteiger partial charge in [-0.2, -0.15) is 0 Å². The summed E-state index contributed by atoms with van der Waals surface area (Å²) in [5.41, 5.74) is 1.83. The molecule has 4 aromatic rings. The average Bonchev–Trinajstić information content (AvgIpc) is 3.24. The second-order valence-electron chi connectivity index (χ2n) is 7.98. The van der Waals surface area contributed by atoms with Gasteiger partial charge in [-0.3, -0.25) is 14.7 Å². The van der Waals surface area contributed by atoms with Crippen molar-refractivity contribution in [3.8, 4) is 17.2 Å². The second-order valence-corrected chi connectivity index (χ2v) is 9.56. The molecule has 0 aliphatic rings. The highest BCUT2D eigenvalue weighted by Crippen LogP contribution is 2.39. The molecule has 11 heteroatoms. The topological polar surface area (TPSA) is 92.3 Å². The third kappa shape index (κ3) is 6.58. The number of rotatable bonds is 11. The SMILES string of the molecule is CCOc1ccc(-n2c(C)nnc2S[C@@H](C[N+](=O)[O-])c2ccc(OCc3ccccc3F)c(Cl)c2)cc1. The summed E-state index contributed by atoms with van der Waals surface area (Å²) in [5, 5.41) is 20.1. The average molecular weight is 543 g/mol. The number of hydrogen-bond donors (Lipinski definition) is 0. The Morgan fingerprint density at radius 1 is 1.11 bits per heavy atom. The molecule has 0 spiro atoms. The molecular formula is C26H24ClFN4O4S. The monoisotopic (exact) mass is 542 g/mol. The predicted molar refractivity (Wildman–Crippen MR) is 140 cm³/mol.